The topological polar surface area (TPSA) is 58.2 Å². The Morgan fingerprint density at radius 3 is 2.35 bits per heavy atom. The summed E-state index contributed by atoms with van der Waals surface area (Å²) < 4.78 is 26.0. The number of halogens is 2. The Hall–Kier alpha value is -2.76. The van der Waals surface area contributed by atoms with E-state index in [1.165, 1.54) is 13.0 Å². The van der Waals surface area contributed by atoms with E-state index in [2.05, 4.69) is 10.6 Å². The van der Waals surface area contributed by atoms with Gasteiger partial charge < -0.3 is 10.6 Å². The summed E-state index contributed by atoms with van der Waals surface area (Å²) in [5.74, 6) is -2.70. The average molecular weight is 318 g/mol. The van der Waals surface area contributed by atoms with Gasteiger partial charge in [-0.25, -0.2) is 8.78 Å². The quantitative estimate of drug-likeness (QED) is 0.889. The van der Waals surface area contributed by atoms with Crippen molar-refractivity contribution in [2.45, 2.75) is 19.4 Å². The molecule has 0 fully saturated rings. The predicted octanol–water partition coefficient (Wildman–Crippen LogP) is 3.17. The van der Waals surface area contributed by atoms with Crippen LogP contribution < -0.4 is 10.6 Å². The molecule has 0 aliphatic carbocycles. The molecule has 23 heavy (non-hydrogen) atoms. The molecule has 0 bridgehead atoms. The maximum Gasteiger partial charge on any atom is 0.226 e. The molecule has 120 valence electrons. The summed E-state index contributed by atoms with van der Waals surface area (Å²) in [4.78, 5) is 23.4. The third-order valence-corrected chi connectivity index (χ3v) is 3.17. The van der Waals surface area contributed by atoms with E-state index in [0.29, 0.717) is 0 Å². The Balaban J connectivity index is 2.08. The monoisotopic (exact) mass is 318 g/mol. The van der Waals surface area contributed by atoms with Gasteiger partial charge in [0.15, 0.2) is 11.6 Å². The van der Waals surface area contributed by atoms with E-state index in [-0.39, 0.29) is 18.0 Å². The molecule has 0 aliphatic heterocycles. The highest BCUT2D eigenvalue weighted by molar-refractivity contribution is 5.91. The van der Waals surface area contributed by atoms with Crippen molar-refractivity contribution in [1.82, 2.24) is 5.32 Å². The number of hydrogen-bond donors (Lipinski definition) is 2. The van der Waals surface area contributed by atoms with Gasteiger partial charge in [-0.05, 0) is 17.7 Å². The standard InChI is InChI=1S/C17H16F2N2O2/c1-11(22)20-16(12-5-3-2-4-6-12)10-17(23)21-13-7-8-14(18)15(19)9-13/h2-9,16H,10H2,1H3,(H,20,22)(H,21,23)/t16-/m0/s1. The van der Waals surface area contributed by atoms with Gasteiger partial charge in [-0.3, -0.25) is 9.59 Å². The Kier molecular flexibility index (Phi) is 5.41. The van der Waals surface area contributed by atoms with Gasteiger partial charge in [0.2, 0.25) is 11.8 Å². The molecule has 4 nitrogen and oxygen atoms in total. The minimum Gasteiger partial charge on any atom is -0.349 e. The molecule has 1 atom stereocenters. The molecule has 0 heterocycles. The number of hydrogen-bond acceptors (Lipinski definition) is 2. The van der Waals surface area contributed by atoms with Gasteiger partial charge in [-0.15, -0.1) is 0 Å². The van der Waals surface area contributed by atoms with E-state index in [9.17, 15) is 18.4 Å². The number of nitrogens with one attached hydrogen (secondary N) is 2. The van der Waals surface area contributed by atoms with Gasteiger partial charge >= 0.3 is 0 Å². The first-order chi connectivity index (χ1) is 11.0. The smallest absolute Gasteiger partial charge is 0.226 e. The second-order valence-corrected chi connectivity index (χ2v) is 5.04. The fourth-order valence-corrected chi connectivity index (χ4v) is 2.15. The molecule has 2 aromatic rings. The van der Waals surface area contributed by atoms with E-state index in [0.717, 1.165) is 17.7 Å². The molecule has 0 aliphatic rings. The first-order valence-corrected chi connectivity index (χ1v) is 7.02. The lowest BCUT2D eigenvalue weighted by atomic mass is 10.0. The van der Waals surface area contributed by atoms with Crippen LogP contribution in [0, 0.1) is 11.6 Å². The lowest BCUT2D eigenvalue weighted by Crippen LogP contribution is -2.29. The van der Waals surface area contributed by atoms with Crippen LogP contribution in [0.1, 0.15) is 24.9 Å². The minimum atomic E-state index is -1.04. The number of rotatable bonds is 5. The first-order valence-electron chi connectivity index (χ1n) is 7.02. The Labute approximate surface area is 132 Å². The highest BCUT2D eigenvalue weighted by atomic mass is 19.2. The van der Waals surface area contributed by atoms with Gasteiger partial charge in [0.25, 0.3) is 0 Å². The lowest BCUT2D eigenvalue weighted by molar-refractivity contribution is -0.120. The van der Waals surface area contributed by atoms with Gasteiger partial charge in [-0.1, -0.05) is 30.3 Å². The number of carbonyl (C=O) groups is 2. The average Bonchev–Trinajstić information content (AvgIpc) is 2.51. The third-order valence-electron chi connectivity index (χ3n) is 3.17. The van der Waals surface area contributed by atoms with Crippen molar-refractivity contribution >= 4 is 17.5 Å². The van der Waals surface area contributed by atoms with Crippen LogP contribution >= 0.6 is 0 Å². The molecule has 2 N–H and O–H groups in total. The second-order valence-electron chi connectivity index (χ2n) is 5.04. The number of carbonyl (C=O) groups excluding carboxylic acids is 2. The maximum absolute atomic E-state index is 13.1. The van der Waals surface area contributed by atoms with Crippen LogP contribution in [-0.2, 0) is 9.59 Å². The van der Waals surface area contributed by atoms with Crippen molar-refractivity contribution in [2.24, 2.45) is 0 Å². The van der Waals surface area contributed by atoms with Crippen LogP contribution in [0.3, 0.4) is 0 Å². The van der Waals surface area contributed by atoms with Crippen molar-refractivity contribution < 1.29 is 18.4 Å². The molecule has 0 unspecified atom stereocenters. The molecule has 0 spiro atoms. The zero-order valence-corrected chi connectivity index (χ0v) is 12.5. The van der Waals surface area contributed by atoms with Crippen molar-refractivity contribution in [3.8, 4) is 0 Å². The summed E-state index contributed by atoms with van der Waals surface area (Å²) in [5.41, 5.74) is 0.937. The summed E-state index contributed by atoms with van der Waals surface area (Å²) in [6, 6.07) is 11.6. The summed E-state index contributed by atoms with van der Waals surface area (Å²) in [6.45, 7) is 1.36. The van der Waals surface area contributed by atoms with Crippen LogP contribution in [0.2, 0.25) is 0 Å². The molecule has 2 rings (SSSR count). The Morgan fingerprint density at radius 2 is 1.74 bits per heavy atom. The fraction of sp³-hybridized carbons (Fsp3) is 0.176. The van der Waals surface area contributed by atoms with Crippen LogP contribution in [0.5, 0.6) is 0 Å². The zero-order valence-electron chi connectivity index (χ0n) is 12.5. The van der Waals surface area contributed by atoms with Crippen LogP contribution in [0.15, 0.2) is 48.5 Å². The summed E-state index contributed by atoms with van der Waals surface area (Å²) >= 11 is 0. The van der Waals surface area contributed by atoms with Crippen LogP contribution in [-0.4, -0.2) is 11.8 Å². The van der Waals surface area contributed by atoms with Crippen LogP contribution in [0.4, 0.5) is 14.5 Å². The van der Waals surface area contributed by atoms with Crippen molar-refractivity contribution in [2.75, 3.05) is 5.32 Å². The van der Waals surface area contributed by atoms with E-state index in [1.807, 2.05) is 6.07 Å². The number of anilines is 1. The minimum absolute atomic E-state index is 0.0252. The van der Waals surface area contributed by atoms with Crippen LogP contribution in [0.25, 0.3) is 0 Å². The largest absolute Gasteiger partial charge is 0.349 e. The maximum atomic E-state index is 13.1. The molecule has 2 amide bonds. The van der Waals surface area contributed by atoms with Gasteiger partial charge in [0.1, 0.15) is 0 Å². The Morgan fingerprint density at radius 1 is 1.04 bits per heavy atom. The molecule has 0 aromatic heterocycles. The van der Waals surface area contributed by atoms with E-state index in [1.54, 1.807) is 24.3 Å². The lowest BCUT2D eigenvalue weighted by Gasteiger charge is -2.18. The second kappa shape index (κ2) is 7.49. The van der Waals surface area contributed by atoms with Gasteiger partial charge in [0, 0.05) is 18.7 Å². The SMILES string of the molecule is CC(=O)N[C@@H](CC(=O)Nc1ccc(F)c(F)c1)c1ccccc1. The first kappa shape index (κ1) is 16.6. The zero-order chi connectivity index (χ0) is 16.8. The van der Waals surface area contributed by atoms with Gasteiger partial charge in [-0.2, -0.15) is 0 Å². The summed E-state index contributed by atoms with van der Waals surface area (Å²) in [7, 11) is 0. The third kappa shape index (κ3) is 4.88. The molecule has 2 aromatic carbocycles. The van der Waals surface area contributed by atoms with Gasteiger partial charge in [0.05, 0.1) is 12.5 Å². The van der Waals surface area contributed by atoms with Crippen molar-refractivity contribution in [1.29, 1.82) is 0 Å². The molecule has 6 heteroatoms. The van der Waals surface area contributed by atoms with E-state index >= 15 is 0 Å². The highest BCUT2D eigenvalue weighted by Gasteiger charge is 2.17. The summed E-state index contributed by atoms with van der Waals surface area (Å²) in [5, 5.41) is 5.19. The Bertz CT molecular complexity index is 705. The normalized spacial score (nSPS) is 11.6. The highest BCUT2D eigenvalue weighted by Crippen LogP contribution is 2.19. The van der Waals surface area contributed by atoms with E-state index < -0.39 is 23.6 Å². The molecular formula is C17H16F2N2O2. The number of amides is 2. The van der Waals surface area contributed by atoms with Crippen molar-refractivity contribution in [3.05, 3.63) is 65.7 Å². The van der Waals surface area contributed by atoms with Crippen molar-refractivity contribution in [3.63, 3.8) is 0 Å². The molecule has 0 saturated heterocycles. The molecule has 0 saturated carbocycles. The predicted molar refractivity (Wildman–Crippen MR) is 82.6 cm³/mol. The summed E-state index contributed by atoms with van der Waals surface area (Å²) in [6.07, 6.45) is -0.0252. The van der Waals surface area contributed by atoms with E-state index in [4.69, 9.17) is 0 Å². The fourth-order valence-electron chi connectivity index (χ4n) is 2.15. The number of benzene rings is 2. The molecular weight excluding hydrogens is 302 g/mol. The molecule has 0 radical (unpaired) electrons.